The maximum atomic E-state index is 12.5. The summed E-state index contributed by atoms with van der Waals surface area (Å²) in [4.78, 5) is 12.5. The largest absolute Gasteiger partial charge is 0.497 e. The van der Waals surface area contributed by atoms with E-state index in [2.05, 4.69) is 20.8 Å². The summed E-state index contributed by atoms with van der Waals surface area (Å²) in [5.41, 5.74) is 3.90. The monoisotopic (exact) mass is 383 g/mol. The molecule has 0 spiro atoms. The number of benzene rings is 2. The standard InChI is InChI=1S/C19H21N5O2S/c1-12-5-6-15(11-13(12)2)20-18(25)14(3)27-19-21-22-23-24(19)16-7-9-17(26-4)10-8-16/h5-11,14H,1-4H3,(H,20,25)/t14-/m0/s1. The van der Waals surface area contributed by atoms with Crippen molar-refractivity contribution in [1.82, 2.24) is 20.2 Å². The van der Waals surface area contributed by atoms with Gasteiger partial charge in [0.25, 0.3) is 0 Å². The Morgan fingerprint density at radius 1 is 1.15 bits per heavy atom. The Hall–Kier alpha value is -2.87. The highest BCUT2D eigenvalue weighted by Gasteiger charge is 2.19. The number of thioether (sulfide) groups is 1. The van der Waals surface area contributed by atoms with Gasteiger partial charge in [-0.1, -0.05) is 17.8 Å². The van der Waals surface area contributed by atoms with Crippen molar-refractivity contribution in [3.63, 3.8) is 0 Å². The van der Waals surface area contributed by atoms with Crippen LogP contribution in [0.5, 0.6) is 5.75 Å². The third-order valence-electron chi connectivity index (χ3n) is 4.18. The fraction of sp³-hybridized carbons (Fsp3) is 0.263. The Morgan fingerprint density at radius 2 is 1.89 bits per heavy atom. The van der Waals surface area contributed by atoms with Gasteiger partial charge in [0.2, 0.25) is 11.1 Å². The number of amides is 1. The maximum Gasteiger partial charge on any atom is 0.237 e. The van der Waals surface area contributed by atoms with E-state index in [4.69, 9.17) is 4.74 Å². The van der Waals surface area contributed by atoms with Crippen LogP contribution in [0.2, 0.25) is 0 Å². The molecule has 3 rings (SSSR count). The van der Waals surface area contributed by atoms with Gasteiger partial charge in [0.1, 0.15) is 5.75 Å². The molecule has 3 aromatic rings. The van der Waals surface area contributed by atoms with Crippen molar-refractivity contribution in [1.29, 1.82) is 0 Å². The predicted molar refractivity (Wildman–Crippen MR) is 106 cm³/mol. The normalized spacial score (nSPS) is 11.9. The van der Waals surface area contributed by atoms with Gasteiger partial charge in [0.15, 0.2) is 0 Å². The van der Waals surface area contributed by atoms with Crippen molar-refractivity contribution in [3.05, 3.63) is 53.6 Å². The number of nitrogens with zero attached hydrogens (tertiary/aromatic N) is 4. The summed E-state index contributed by atoms with van der Waals surface area (Å²) in [5.74, 6) is 0.648. The first kappa shape index (κ1) is 18.9. The molecule has 0 aliphatic heterocycles. The van der Waals surface area contributed by atoms with Gasteiger partial charge >= 0.3 is 0 Å². The summed E-state index contributed by atoms with van der Waals surface area (Å²) < 4.78 is 6.77. The number of methoxy groups -OCH3 is 1. The van der Waals surface area contributed by atoms with Crippen molar-refractivity contribution in [2.75, 3.05) is 12.4 Å². The molecule has 0 aliphatic rings. The molecule has 0 saturated heterocycles. The molecule has 8 heteroatoms. The summed E-state index contributed by atoms with van der Waals surface area (Å²) in [6, 6.07) is 13.2. The minimum atomic E-state index is -0.366. The molecule has 1 aromatic heterocycles. The van der Waals surface area contributed by atoms with E-state index in [0.717, 1.165) is 22.7 Å². The highest BCUT2D eigenvalue weighted by atomic mass is 32.2. The SMILES string of the molecule is COc1ccc(-n2nnnc2S[C@@H](C)C(=O)Nc2ccc(C)c(C)c2)cc1. The number of ether oxygens (including phenoxy) is 1. The molecule has 27 heavy (non-hydrogen) atoms. The van der Waals surface area contributed by atoms with Crippen molar-refractivity contribution in [3.8, 4) is 11.4 Å². The molecule has 0 unspecified atom stereocenters. The fourth-order valence-electron chi connectivity index (χ4n) is 2.41. The molecule has 0 bridgehead atoms. The van der Waals surface area contributed by atoms with Gasteiger partial charge in [0.05, 0.1) is 18.0 Å². The molecule has 1 N–H and O–H groups in total. The zero-order valence-corrected chi connectivity index (χ0v) is 16.4. The maximum absolute atomic E-state index is 12.5. The molecule has 7 nitrogen and oxygen atoms in total. The average molecular weight is 383 g/mol. The van der Waals surface area contributed by atoms with Crippen LogP contribution in [-0.2, 0) is 4.79 Å². The molecule has 0 aliphatic carbocycles. The lowest BCUT2D eigenvalue weighted by atomic mass is 10.1. The molecular formula is C19H21N5O2S. The molecule has 2 aromatic carbocycles. The zero-order valence-electron chi connectivity index (χ0n) is 15.6. The zero-order chi connectivity index (χ0) is 19.4. The fourth-order valence-corrected chi connectivity index (χ4v) is 3.22. The van der Waals surface area contributed by atoms with Crippen LogP contribution in [-0.4, -0.2) is 38.5 Å². The quantitative estimate of drug-likeness (QED) is 0.657. The second-order valence-electron chi connectivity index (χ2n) is 6.12. The van der Waals surface area contributed by atoms with Gasteiger partial charge < -0.3 is 10.1 Å². The molecule has 0 saturated carbocycles. The Labute approximate surface area is 162 Å². The molecule has 1 atom stereocenters. The summed E-state index contributed by atoms with van der Waals surface area (Å²) in [6.07, 6.45) is 0. The van der Waals surface area contributed by atoms with E-state index >= 15 is 0 Å². The van der Waals surface area contributed by atoms with Gasteiger partial charge in [-0.3, -0.25) is 4.79 Å². The van der Waals surface area contributed by atoms with Gasteiger partial charge in [-0.15, -0.1) is 5.10 Å². The summed E-state index contributed by atoms with van der Waals surface area (Å²) in [7, 11) is 1.61. The second-order valence-corrected chi connectivity index (χ2v) is 7.43. The van der Waals surface area contributed by atoms with Crippen LogP contribution in [0.1, 0.15) is 18.1 Å². The van der Waals surface area contributed by atoms with E-state index in [1.165, 1.54) is 17.3 Å². The first-order valence-electron chi connectivity index (χ1n) is 8.45. The number of aromatic nitrogens is 4. The van der Waals surface area contributed by atoms with E-state index in [1.807, 2.05) is 63.2 Å². The van der Waals surface area contributed by atoms with E-state index in [0.29, 0.717) is 5.16 Å². The van der Waals surface area contributed by atoms with Gasteiger partial charge in [-0.05, 0) is 78.7 Å². The van der Waals surface area contributed by atoms with Crippen molar-refractivity contribution >= 4 is 23.4 Å². The molecule has 1 heterocycles. The van der Waals surface area contributed by atoms with E-state index in [-0.39, 0.29) is 11.2 Å². The van der Waals surface area contributed by atoms with Crippen LogP contribution in [0, 0.1) is 13.8 Å². The first-order chi connectivity index (χ1) is 13.0. The highest BCUT2D eigenvalue weighted by molar-refractivity contribution is 8.00. The number of tetrazole rings is 1. The van der Waals surface area contributed by atoms with Crippen LogP contribution >= 0.6 is 11.8 Å². The minimum absolute atomic E-state index is 0.104. The van der Waals surface area contributed by atoms with E-state index < -0.39 is 0 Å². The van der Waals surface area contributed by atoms with Crippen molar-refractivity contribution in [2.24, 2.45) is 0 Å². The third kappa shape index (κ3) is 4.46. The van der Waals surface area contributed by atoms with E-state index in [9.17, 15) is 4.79 Å². The summed E-state index contributed by atoms with van der Waals surface area (Å²) in [6.45, 7) is 5.89. The Morgan fingerprint density at radius 3 is 2.56 bits per heavy atom. The van der Waals surface area contributed by atoms with Crippen LogP contribution in [0.25, 0.3) is 5.69 Å². The highest BCUT2D eigenvalue weighted by Crippen LogP contribution is 2.25. The number of hydrogen-bond donors (Lipinski definition) is 1. The minimum Gasteiger partial charge on any atom is -0.497 e. The Bertz CT molecular complexity index is 940. The van der Waals surface area contributed by atoms with Gasteiger partial charge in [0, 0.05) is 5.69 Å². The van der Waals surface area contributed by atoms with Crippen LogP contribution in [0.4, 0.5) is 5.69 Å². The lowest BCUT2D eigenvalue weighted by molar-refractivity contribution is -0.115. The molecule has 0 fully saturated rings. The number of rotatable bonds is 6. The van der Waals surface area contributed by atoms with Crippen molar-refractivity contribution in [2.45, 2.75) is 31.2 Å². The first-order valence-corrected chi connectivity index (χ1v) is 9.33. The van der Waals surface area contributed by atoms with Crippen molar-refractivity contribution < 1.29 is 9.53 Å². The topological polar surface area (TPSA) is 81.9 Å². The lowest BCUT2D eigenvalue weighted by Crippen LogP contribution is -2.23. The van der Waals surface area contributed by atoms with Crippen LogP contribution in [0.3, 0.4) is 0 Å². The smallest absolute Gasteiger partial charge is 0.237 e. The van der Waals surface area contributed by atoms with Crippen LogP contribution < -0.4 is 10.1 Å². The molecular weight excluding hydrogens is 362 g/mol. The number of aryl methyl sites for hydroxylation is 2. The third-order valence-corrected chi connectivity index (χ3v) is 5.22. The number of carbonyl (C=O) groups is 1. The number of anilines is 1. The Balaban J connectivity index is 1.70. The molecule has 1 amide bonds. The predicted octanol–water partition coefficient (Wildman–Crippen LogP) is 3.41. The summed E-state index contributed by atoms with van der Waals surface area (Å²) >= 11 is 1.30. The van der Waals surface area contributed by atoms with E-state index in [1.54, 1.807) is 11.8 Å². The van der Waals surface area contributed by atoms with Gasteiger partial charge in [-0.2, -0.15) is 4.68 Å². The molecule has 0 radical (unpaired) electrons. The number of nitrogens with one attached hydrogen (secondary N) is 1. The lowest BCUT2D eigenvalue weighted by Gasteiger charge is -2.13. The second kappa shape index (κ2) is 8.22. The van der Waals surface area contributed by atoms with Crippen LogP contribution in [0.15, 0.2) is 47.6 Å². The van der Waals surface area contributed by atoms with Gasteiger partial charge in [-0.25, -0.2) is 0 Å². The number of carbonyl (C=O) groups excluding carboxylic acids is 1. The number of hydrogen-bond acceptors (Lipinski definition) is 6. The Kier molecular flexibility index (Phi) is 5.75. The summed E-state index contributed by atoms with van der Waals surface area (Å²) in [5, 5.41) is 14.9. The average Bonchev–Trinajstić information content (AvgIpc) is 3.12. The molecule has 140 valence electrons.